The van der Waals surface area contributed by atoms with Gasteiger partial charge in [0.2, 0.25) is 0 Å². The Kier molecular flexibility index (Phi) is 2.79. The van der Waals surface area contributed by atoms with Gasteiger partial charge in [-0.15, -0.1) is 0 Å². The van der Waals surface area contributed by atoms with Gasteiger partial charge in [0.25, 0.3) is 0 Å². The zero-order valence-corrected chi connectivity index (χ0v) is 9.62. The van der Waals surface area contributed by atoms with E-state index in [9.17, 15) is 9.18 Å². The van der Waals surface area contributed by atoms with Gasteiger partial charge < -0.3 is 5.11 Å². The van der Waals surface area contributed by atoms with Crippen molar-refractivity contribution >= 4 is 16.9 Å². The topological polar surface area (TPSA) is 50.2 Å². The average molecular weight is 233 g/mol. The van der Waals surface area contributed by atoms with Gasteiger partial charge in [-0.25, -0.2) is 4.39 Å². The Morgan fingerprint density at radius 3 is 2.71 bits per heavy atom. The lowest BCUT2D eigenvalue weighted by Gasteiger charge is -2.08. The SMILES string of the molecule is Cc1cc(C)c2cc(F)cc(CC(=O)O)c2n1. The highest BCUT2D eigenvalue weighted by Gasteiger charge is 2.11. The van der Waals surface area contributed by atoms with Crippen molar-refractivity contribution in [3.63, 3.8) is 0 Å². The van der Waals surface area contributed by atoms with Crippen LogP contribution in [0, 0.1) is 19.7 Å². The summed E-state index contributed by atoms with van der Waals surface area (Å²) in [4.78, 5) is 15.0. The number of aryl methyl sites for hydroxylation is 2. The van der Waals surface area contributed by atoms with Crippen LogP contribution in [0.25, 0.3) is 10.9 Å². The molecule has 4 heteroatoms. The van der Waals surface area contributed by atoms with Crippen molar-refractivity contribution in [3.8, 4) is 0 Å². The van der Waals surface area contributed by atoms with E-state index in [1.54, 1.807) is 0 Å². The average Bonchev–Trinajstić information content (AvgIpc) is 2.19. The number of carboxylic acids is 1. The number of benzene rings is 1. The summed E-state index contributed by atoms with van der Waals surface area (Å²) in [6.45, 7) is 3.70. The third kappa shape index (κ3) is 2.25. The first-order chi connectivity index (χ1) is 7.97. The van der Waals surface area contributed by atoms with Crippen LogP contribution in [0.1, 0.15) is 16.8 Å². The van der Waals surface area contributed by atoms with Gasteiger partial charge in [0.05, 0.1) is 11.9 Å². The fraction of sp³-hybridized carbons (Fsp3) is 0.231. The largest absolute Gasteiger partial charge is 0.481 e. The van der Waals surface area contributed by atoms with Crippen molar-refractivity contribution in [1.82, 2.24) is 4.98 Å². The second kappa shape index (κ2) is 4.13. The van der Waals surface area contributed by atoms with Crippen LogP contribution in [0.15, 0.2) is 18.2 Å². The molecular formula is C13H12FNO2. The van der Waals surface area contributed by atoms with Gasteiger partial charge in [-0.1, -0.05) is 0 Å². The molecule has 0 bridgehead atoms. The molecule has 0 aliphatic heterocycles. The maximum Gasteiger partial charge on any atom is 0.307 e. The Morgan fingerprint density at radius 1 is 1.35 bits per heavy atom. The van der Waals surface area contributed by atoms with Gasteiger partial charge in [0, 0.05) is 11.1 Å². The molecule has 0 fully saturated rings. The zero-order valence-electron chi connectivity index (χ0n) is 9.62. The molecule has 0 spiro atoms. The van der Waals surface area contributed by atoms with E-state index in [-0.39, 0.29) is 6.42 Å². The van der Waals surface area contributed by atoms with Crippen molar-refractivity contribution in [2.45, 2.75) is 20.3 Å². The first-order valence-electron chi connectivity index (χ1n) is 5.25. The van der Waals surface area contributed by atoms with Crippen LogP contribution in [-0.2, 0) is 11.2 Å². The minimum atomic E-state index is -0.988. The summed E-state index contributed by atoms with van der Waals surface area (Å²) < 4.78 is 13.4. The van der Waals surface area contributed by atoms with E-state index in [1.807, 2.05) is 19.9 Å². The molecule has 1 aromatic heterocycles. The lowest BCUT2D eigenvalue weighted by Crippen LogP contribution is -2.03. The Hall–Kier alpha value is -1.97. The zero-order chi connectivity index (χ0) is 12.6. The summed E-state index contributed by atoms with van der Waals surface area (Å²) >= 11 is 0. The fourth-order valence-electron chi connectivity index (χ4n) is 1.99. The lowest BCUT2D eigenvalue weighted by molar-refractivity contribution is -0.136. The molecule has 17 heavy (non-hydrogen) atoms. The van der Waals surface area contributed by atoms with Crippen LogP contribution < -0.4 is 0 Å². The van der Waals surface area contributed by atoms with Crippen LogP contribution in [-0.4, -0.2) is 16.1 Å². The van der Waals surface area contributed by atoms with Gasteiger partial charge in [-0.05, 0) is 43.2 Å². The number of carboxylic acid groups (broad SMARTS) is 1. The number of aliphatic carboxylic acids is 1. The highest BCUT2D eigenvalue weighted by molar-refractivity contribution is 5.88. The molecule has 0 saturated heterocycles. The maximum absolute atomic E-state index is 13.4. The molecule has 1 heterocycles. The molecule has 88 valence electrons. The standard InChI is InChI=1S/C13H12FNO2/c1-7-3-8(2)15-13-9(5-12(16)17)4-10(14)6-11(7)13/h3-4,6H,5H2,1-2H3,(H,16,17). The Balaban J connectivity index is 2.77. The Bertz CT molecular complexity index is 608. The van der Waals surface area contributed by atoms with Crippen molar-refractivity contribution in [1.29, 1.82) is 0 Å². The molecule has 0 aliphatic carbocycles. The number of aromatic nitrogens is 1. The molecule has 2 rings (SSSR count). The van der Waals surface area contributed by atoms with E-state index in [1.165, 1.54) is 12.1 Å². The van der Waals surface area contributed by atoms with Gasteiger partial charge >= 0.3 is 5.97 Å². The second-order valence-corrected chi connectivity index (χ2v) is 4.11. The van der Waals surface area contributed by atoms with Crippen molar-refractivity contribution in [2.75, 3.05) is 0 Å². The van der Waals surface area contributed by atoms with E-state index < -0.39 is 11.8 Å². The molecule has 1 aromatic carbocycles. The quantitative estimate of drug-likeness (QED) is 0.867. The Labute approximate surface area is 97.9 Å². The van der Waals surface area contributed by atoms with E-state index in [0.717, 1.165) is 11.3 Å². The number of hydrogen-bond donors (Lipinski definition) is 1. The Morgan fingerprint density at radius 2 is 2.06 bits per heavy atom. The molecule has 0 saturated carbocycles. The summed E-state index contributed by atoms with van der Waals surface area (Å²) in [5, 5.41) is 9.48. The van der Waals surface area contributed by atoms with Gasteiger partial charge in [0.1, 0.15) is 5.82 Å². The smallest absolute Gasteiger partial charge is 0.307 e. The van der Waals surface area contributed by atoms with Crippen LogP contribution in [0.4, 0.5) is 4.39 Å². The predicted molar refractivity (Wildman–Crippen MR) is 62.5 cm³/mol. The number of rotatable bonds is 2. The van der Waals surface area contributed by atoms with Crippen LogP contribution in [0.3, 0.4) is 0 Å². The van der Waals surface area contributed by atoms with Crippen LogP contribution >= 0.6 is 0 Å². The number of pyridine rings is 1. The van der Waals surface area contributed by atoms with Gasteiger partial charge in [-0.3, -0.25) is 9.78 Å². The second-order valence-electron chi connectivity index (χ2n) is 4.11. The minimum Gasteiger partial charge on any atom is -0.481 e. The number of fused-ring (bicyclic) bond motifs is 1. The lowest BCUT2D eigenvalue weighted by atomic mass is 10.0. The number of halogens is 1. The maximum atomic E-state index is 13.4. The predicted octanol–water partition coefficient (Wildman–Crippen LogP) is 2.62. The summed E-state index contributed by atoms with van der Waals surface area (Å²) in [5.41, 5.74) is 2.69. The van der Waals surface area contributed by atoms with Crippen molar-refractivity contribution < 1.29 is 14.3 Å². The number of nitrogens with zero attached hydrogens (tertiary/aromatic N) is 1. The van der Waals surface area contributed by atoms with Gasteiger partial charge in [0.15, 0.2) is 0 Å². The molecule has 0 amide bonds. The summed E-state index contributed by atoms with van der Waals surface area (Å²) in [7, 11) is 0. The summed E-state index contributed by atoms with van der Waals surface area (Å²) in [5.74, 6) is -1.42. The highest BCUT2D eigenvalue weighted by Crippen LogP contribution is 2.23. The molecule has 1 N–H and O–H groups in total. The first kappa shape index (κ1) is 11.5. The van der Waals surface area contributed by atoms with Gasteiger partial charge in [-0.2, -0.15) is 0 Å². The third-order valence-corrected chi connectivity index (χ3v) is 2.63. The van der Waals surface area contributed by atoms with Crippen molar-refractivity contribution in [2.24, 2.45) is 0 Å². The first-order valence-corrected chi connectivity index (χ1v) is 5.25. The van der Waals surface area contributed by atoms with E-state index in [0.29, 0.717) is 16.5 Å². The molecule has 0 atom stereocenters. The number of hydrogen-bond acceptors (Lipinski definition) is 2. The molecule has 0 radical (unpaired) electrons. The molecule has 0 unspecified atom stereocenters. The summed E-state index contributed by atoms with van der Waals surface area (Å²) in [6, 6.07) is 4.48. The third-order valence-electron chi connectivity index (χ3n) is 2.63. The molecule has 0 aliphatic rings. The van der Waals surface area contributed by atoms with Crippen LogP contribution in [0.2, 0.25) is 0 Å². The van der Waals surface area contributed by atoms with E-state index in [2.05, 4.69) is 4.98 Å². The van der Waals surface area contributed by atoms with Crippen molar-refractivity contribution in [3.05, 3.63) is 40.8 Å². The number of carbonyl (C=O) groups is 1. The normalized spacial score (nSPS) is 10.8. The highest BCUT2D eigenvalue weighted by atomic mass is 19.1. The van der Waals surface area contributed by atoms with E-state index in [4.69, 9.17) is 5.11 Å². The molecular weight excluding hydrogens is 221 g/mol. The fourth-order valence-corrected chi connectivity index (χ4v) is 1.99. The molecule has 2 aromatic rings. The monoisotopic (exact) mass is 233 g/mol. The van der Waals surface area contributed by atoms with Crippen LogP contribution in [0.5, 0.6) is 0 Å². The van der Waals surface area contributed by atoms with E-state index >= 15 is 0 Å². The minimum absolute atomic E-state index is 0.218. The summed E-state index contributed by atoms with van der Waals surface area (Å²) in [6.07, 6.45) is -0.218. The molecule has 3 nitrogen and oxygen atoms in total.